The van der Waals surface area contributed by atoms with E-state index in [0.717, 1.165) is 17.5 Å². The zero-order valence-electron chi connectivity index (χ0n) is 13.2. The van der Waals surface area contributed by atoms with Crippen LogP contribution in [0.15, 0.2) is 24.3 Å². The van der Waals surface area contributed by atoms with Gasteiger partial charge in [0.05, 0.1) is 0 Å². The molecule has 0 saturated heterocycles. The summed E-state index contributed by atoms with van der Waals surface area (Å²) in [7, 11) is 1.66. The van der Waals surface area contributed by atoms with Crippen molar-refractivity contribution in [3.63, 3.8) is 0 Å². The van der Waals surface area contributed by atoms with E-state index >= 15 is 0 Å². The summed E-state index contributed by atoms with van der Waals surface area (Å²) in [6.45, 7) is 0.555. The number of carbonyl (C=O) groups is 2. The summed E-state index contributed by atoms with van der Waals surface area (Å²) in [5, 5.41) is 2.75. The predicted molar refractivity (Wildman–Crippen MR) is 85.4 cm³/mol. The summed E-state index contributed by atoms with van der Waals surface area (Å²) in [5.74, 6) is 0.527. The molecule has 1 fully saturated rings. The number of nitrogens with zero attached hydrogens (tertiary/aromatic N) is 1. The number of nitrogens with one attached hydrogen (secondary N) is 1. The van der Waals surface area contributed by atoms with Gasteiger partial charge in [-0.1, -0.05) is 50.3 Å². The largest absolute Gasteiger partial charge is 0.357 e. The Balaban J connectivity index is 1.78. The number of likely N-dealkylation sites (N-methyl/N-ethyl adjacent to an activating group) is 1. The molecule has 1 aromatic carbocycles. The first kappa shape index (κ1) is 15.1. The molecule has 1 atom stereocenters. The highest BCUT2D eigenvalue weighted by atomic mass is 16.2. The summed E-state index contributed by atoms with van der Waals surface area (Å²) in [5.41, 5.74) is 1.78. The minimum atomic E-state index is -0.340. The van der Waals surface area contributed by atoms with E-state index in [0.29, 0.717) is 12.5 Å². The molecule has 22 heavy (non-hydrogen) atoms. The SMILES string of the molecule is CNC(=O)C(CC1CCCCC1)N1Cc2ccccc2C1=O. The molecule has 1 saturated carbocycles. The Hall–Kier alpha value is -1.84. The van der Waals surface area contributed by atoms with Gasteiger partial charge in [0.2, 0.25) is 5.91 Å². The second-order valence-corrected chi connectivity index (χ2v) is 6.46. The van der Waals surface area contributed by atoms with Gasteiger partial charge in [0.1, 0.15) is 6.04 Å². The maximum atomic E-state index is 12.6. The molecule has 1 unspecified atom stereocenters. The smallest absolute Gasteiger partial charge is 0.255 e. The Morgan fingerprint density at radius 2 is 2.00 bits per heavy atom. The van der Waals surface area contributed by atoms with Crippen LogP contribution in [0.2, 0.25) is 0 Å². The van der Waals surface area contributed by atoms with Crippen molar-refractivity contribution in [3.05, 3.63) is 35.4 Å². The van der Waals surface area contributed by atoms with Crippen LogP contribution in [-0.4, -0.2) is 29.8 Å². The number of rotatable bonds is 4. The van der Waals surface area contributed by atoms with E-state index < -0.39 is 0 Å². The lowest BCUT2D eigenvalue weighted by Gasteiger charge is -2.31. The molecule has 0 spiro atoms. The fraction of sp³-hybridized carbons (Fsp3) is 0.556. The molecular formula is C18H24N2O2. The molecule has 2 amide bonds. The zero-order chi connectivity index (χ0) is 15.5. The molecule has 4 nitrogen and oxygen atoms in total. The van der Waals surface area contributed by atoms with Gasteiger partial charge >= 0.3 is 0 Å². The van der Waals surface area contributed by atoms with Crippen molar-refractivity contribution >= 4 is 11.8 Å². The van der Waals surface area contributed by atoms with Crippen molar-refractivity contribution < 1.29 is 9.59 Å². The second-order valence-electron chi connectivity index (χ2n) is 6.46. The molecule has 118 valence electrons. The lowest BCUT2D eigenvalue weighted by molar-refractivity contribution is -0.126. The Bertz CT molecular complexity index is 564. The molecule has 1 aliphatic heterocycles. The maximum absolute atomic E-state index is 12.6. The Morgan fingerprint density at radius 3 is 2.68 bits per heavy atom. The topological polar surface area (TPSA) is 49.4 Å². The van der Waals surface area contributed by atoms with Crippen LogP contribution in [0, 0.1) is 5.92 Å². The van der Waals surface area contributed by atoms with Crippen molar-refractivity contribution in [3.8, 4) is 0 Å². The van der Waals surface area contributed by atoms with Gasteiger partial charge in [0.25, 0.3) is 5.91 Å². The minimum absolute atomic E-state index is 0.00000874. The Kier molecular flexibility index (Phi) is 4.46. The highest BCUT2D eigenvalue weighted by molar-refractivity contribution is 6.01. The van der Waals surface area contributed by atoms with Gasteiger partial charge < -0.3 is 10.2 Å². The molecule has 4 heteroatoms. The quantitative estimate of drug-likeness (QED) is 0.929. The molecule has 0 bridgehead atoms. The normalized spacial score (nSPS) is 19.9. The van der Waals surface area contributed by atoms with Crippen LogP contribution in [0.1, 0.15) is 54.4 Å². The molecule has 0 radical (unpaired) electrons. The van der Waals surface area contributed by atoms with Gasteiger partial charge in [-0.2, -0.15) is 0 Å². The summed E-state index contributed by atoms with van der Waals surface area (Å²) in [6.07, 6.45) is 6.96. The minimum Gasteiger partial charge on any atom is -0.357 e. The summed E-state index contributed by atoms with van der Waals surface area (Å²) in [4.78, 5) is 26.8. The number of fused-ring (bicyclic) bond motifs is 1. The molecule has 0 aromatic heterocycles. The van der Waals surface area contributed by atoms with Gasteiger partial charge in [-0.3, -0.25) is 9.59 Å². The molecule has 1 aromatic rings. The molecule has 1 N–H and O–H groups in total. The van der Waals surface area contributed by atoms with E-state index in [1.54, 1.807) is 11.9 Å². The number of amides is 2. The third kappa shape index (κ3) is 2.87. The van der Waals surface area contributed by atoms with Crippen LogP contribution < -0.4 is 5.32 Å². The Morgan fingerprint density at radius 1 is 1.27 bits per heavy atom. The third-order valence-electron chi connectivity index (χ3n) is 5.06. The molecule has 2 aliphatic rings. The average Bonchev–Trinajstić information content (AvgIpc) is 2.90. The first-order chi connectivity index (χ1) is 10.7. The highest BCUT2D eigenvalue weighted by Crippen LogP contribution is 2.32. The first-order valence-electron chi connectivity index (χ1n) is 8.31. The molecular weight excluding hydrogens is 276 g/mol. The number of carbonyl (C=O) groups excluding carboxylic acids is 2. The lowest BCUT2D eigenvalue weighted by Crippen LogP contribution is -2.47. The maximum Gasteiger partial charge on any atom is 0.255 e. The van der Waals surface area contributed by atoms with Crippen LogP contribution in [0.4, 0.5) is 0 Å². The average molecular weight is 300 g/mol. The third-order valence-corrected chi connectivity index (χ3v) is 5.06. The zero-order valence-corrected chi connectivity index (χ0v) is 13.2. The standard InChI is InChI=1S/C18H24N2O2/c1-19-17(21)16(11-13-7-3-2-4-8-13)20-12-14-9-5-6-10-15(14)18(20)22/h5-6,9-10,13,16H,2-4,7-8,11-12H2,1H3,(H,19,21). The monoisotopic (exact) mass is 300 g/mol. The number of hydrogen-bond donors (Lipinski definition) is 1. The van der Waals surface area contributed by atoms with Crippen molar-refractivity contribution in [2.75, 3.05) is 7.05 Å². The van der Waals surface area contributed by atoms with Gasteiger partial charge in [-0.15, -0.1) is 0 Å². The van der Waals surface area contributed by atoms with E-state index in [1.165, 1.54) is 32.1 Å². The van der Waals surface area contributed by atoms with E-state index in [2.05, 4.69) is 5.32 Å². The first-order valence-corrected chi connectivity index (χ1v) is 8.31. The lowest BCUT2D eigenvalue weighted by atomic mass is 9.84. The van der Waals surface area contributed by atoms with E-state index in [9.17, 15) is 9.59 Å². The highest BCUT2D eigenvalue weighted by Gasteiger charge is 2.37. The molecule has 1 heterocycles. The fourth-order valence-corrected chi connectivity index (χ4v) is 3.81. The van der Waals surface area contributed by atoms with Gasteiger partial charge in [0.15, 0.2) is 0 Å². The van der Waals surface area contributed by atoms with Crippen LogP contribution in [-0.2, 0) is 11.3 Å². The number of hydrogen-bond acceptors (Lipinski definition) is 2. The van der Waals surface area contributed by atoms with Crippen molar-refractivity contribution in [1.29, 1.82) is 0 Å². The van der Waals surface area contributed by atoms with Crippen LogP contribution in [0.25, 0.3) is 0 Å². The van der Waals surface area contributed by atoms with E-state index in [4.69, 9.17) is 0 Å². The van der Waals surface area contributed by atoms with Gasteiger partial charge in [-0.25, -0.2) is 0 Å². The number of benzene rings is 1. The Labute approximate surface area is 131 Å². The summed E-state index contributed by atoms with van der Waals surface area (Å²) < 4.78 is 0. The molecule has 1 aliphatic carbocycles. The summed E-state index contributed by atoms with van der Waals surface area (Å²) in [6, 6.07) is 7.34. The van der Waals surface area contributed by atoms with E-state index in [-0.39, 0.29) is 17.9 Å². The van der Waals surface area contributed by atoms with Crippen LogP contribution in [0.5, 0.6) is 0 Å². The van der Waals surface area contributed by atoms with Gasteiger partial charge in [-0.05, 0) is 24.0 Å². The second kappa shape index (κ2) is 6.51. The molecule has 3 rings (SSSR count). The van der Waals surface area contributed by atoms with Crippen molar-refractivity contribution in [1.82, 2.24) is 10.2 Å². The van der Waals surface area contributed by atoms with Crippen molar-refractivity contribution in [2.24, 2.45) is 5.92 Å². The summed E-state index contributed by atoms with van der Waals surface area (Å²) >= 11 is 0. The van der Waals surface area contributed by atoms with Crippen LogP contribution in [0.3, 0.4) is 0 Å². The van der Waals surface area contributed by atoms with E-state index in [1.807, 2.05) is 24.3 Å². The van der Waals surface area contributed by atoms with Crippen molar-refractivity contribution in [2.45, 2.75) is 51.1 Å². The van der Waals surface area contributed by atoms with Gasteiger partial charge in [0, 0.05) is 19.2 Å². The van der Waals surface area contributed by atoms with Crippen LogP contribution >= 0.6 is 0 Å². The predicted octanol–water partition coefficient (Wildman–Crippen LogP) is 2.73. The fourth-order valence-electron chi connectivity index (χ4n) is 3.81.